The molecule has 2 aromatic rings. The van der Waals surface area contributed by atoms with Gasteiger partial charge in [-0.15, -0.1) is 0 Å². The van der Waals surface area contributed by atoms with Gasteiger partial charge in [0.25, 0.3) is 0 Å². The van der Waals surface area contributed by atoms with E-state index in [9.17, 15) is 0 Å². The maximum Gasteiger partial charge on any atom is 0.124 e. The van der Waals surface area contributed by atoms with Crippen LogP contribution in [0, 0.1) is 0 Å². The van der Waals surface area contributed by atoms with Crippen LogP contribution in [0.1, 0.15) is 12.5 Å². The van der Waals surface area contributed by atoms with Crippen LogP contribution in [-0.2, 0) is 6.54 Å². The van der Waals surface area contributed by atoms with Gasteiger partial charge in [0.15, 0.2) is 0 Å². The molecule has 5 heteroatoms. The summed E-state index contributed by atoms with van der Waals surface area (Å²) < 4.78 is 7.29. The standard InChI is InChI=1S/C12H14ClN3O/c1-2-17-12-4-3-11(14)5-9(12)7-16-8-10(13)6-15-16/h3-6,8H,2,7,14H2,1H3. The second kappa shape index (κ2) is 5.10. The third-order valence-electron chi connectivity index (χ3n) is 2.32. The van der Waals surface area contributed by atoms with Crippen molar-refractivity contribution < 1.29 is 4.74 Å². The van der Waals surface area contributed by atoms with Crippen LogP contribution in [0.5, 0.6) is 5.75 Å². The van der Waals surface area contributed by atoms with Crippen LogP contribution < -0.4 is 10.5 Å². The van der Waals surface area contributed by atoms with Gasteiger partial charge in [-0.2, -0.15) is 5.10 Å². The van der Waals surface area contributed by atoms with Crippen LogP contribution in [0.3, 0.4) is 0 Å². The van der Waals surface area contributed by atoms with Gasteiger partial charge in [0, 0.05) is 17.4 Å². The highest BCUT2D eigenvalue weighted by atomic mass is 35.5. The molecule has 1 heterocycles. The summed E-state index contributed by atoms with van der Waals surface area (Å²) in [5.41, 5.74) is 7.47. The summed E-state index contributed by atoms with van der Waals surface area (Å²) in [7, 11) is 0. The van der Waals surface area contributed by atoms with Crippen molar-refractivity contribution in [2.45, 2.75) is 13.5 Å². The summed E-state index contributed by atoms with van der Waals surface area (Å²) in [6.07, 6.45) is 3.37. The molecule has 17 heavy (non-hydrogen) atoms. The lowest BCUT2D eigenvalue weighted by atomic mass is 10.2. The lowest BCUT2D eigenvalue weighted by Gasteiger charge is -2.11. The van der Waals surface area contributed by atoms with E-state index in [0.717, 1.165) is 11.3 Å². The van der Waals surface area contributed by atoms with Gasteiger partial charge in [-0.25, -0.2) is 0 Å². The summed E-state index contributed by atoms with van der Waals surface area (Å²) in [4.78, 5) is 0. The van der Waals surface area contributed by atoms with Crippen molar-refractivity contribution in [2.24, 2.45) is 0 Å². The molecule has 2 N–H and O–H groups in total. The number of hydrogen-bond acceptors (Lipinski definition) is 3. The molecule has 0 saturated carbocycles. The average Bonchev–Trinajstić information content (AvgIpc) is 2.68. The molecule has 4 nitrogen and oxygen atoms in total. The Morgan fingerprint density at radius 3 is 2.94 bits per heavy atom. The van der Waals surface area contributed by atoms with E-state index in [4.69, 9.17) is 22.1 Å². The number of aromatic nitrogens is 2. The first kappa shape index (κ1) is 11.8. The molecule has 0 atom stereocenters. The zero-order valence-electron chi connectivity index (χ0n) is 9.56. The smallest absolute Gasteiger partial charge is 0.124 e. The van der Waals surface area contributed by atoms with Crippen molar-refractivity contribution >= 4 is 17.3 Å². The molecule has 0 spiro atoms. The minimum atomic E-state index is 0.590. The molecule has 0 aliphatic rings. The molecule has 0 unspecified atom stereocenters. The summed E-state index contributed by atoms with van der Waals surface area (Å²) in [5, 5.41) is 4.75. The van der Waals surface area contributed by atoms with Crippen molar-refractivity contribution in [1.29, 1.82) is 0 Å². The molecule has 0 saturated heterocycles. The minimum absolute atomic E-state index is 0.590. The van der Waals surface area contributed by atoms with E-state index in [1.54, 1.807) is 17.1 Å². The molecule has 0 amide bonds. The average molecular weight is 252 g/mol. The lowest BCUT2D eigenvalue weighted by Crippen LogP contribution is -2.04. The molecule has 0 radical (unpaired) electrons. The first-order valence-corrected chi connectivity index (χ1v) is 5.76. The van der Waals surface area contributed by atoms with E-state index in [-0.39, 0.29) is 0 Å². The Morgan fingerprint density at radius 1 is 1.47 bits per heavy atom. The summed E-state index contributed by atoms with van der Waals surface area (Å²) in [6, 6.07) is 5.59. The highest BCUT2D eigenvalue weighted by molar-refractivity contribution is 6.30. The summed E-state index contributed by atoms with van der Waals surface area (Å²) in [6.45, 7) is 3.16. The van der Waals surface area contributed by atoms with E-state index in [1.165, 1.54) is 0 Å². The van der Waals surface area contributed by atoms with Gasteiger partial charge in [0.05, 0.1) is 24.4 Å². The molecular weight excluding hydrogens is 238 g/mol. The molecule has 0 bridgehead atoms. The Labute approximate surface area is 105 Å². The van der Waals surface area contributed by atoms with Gasteiger partial charge in [0.1, 0.15) is 5.75 Å². The predicted octanol–water partition coefficient (Wildman–Crippen LogP) is 2.57. The molecule has 0 fully saturated rings. The molecule has 0 aliphatic heterocycles. The maximum atomic E-state index is 5.82. The first-order chi connectivity index (χ1) is 8.19. The van der Waals surface area contributed by atoms with Gasteiger partial charge in [-0.3, -0.25) is 4.68 Å². The van der Waals surface area contributed by atoms with Crippen LogP contribution in [-0.4, -0.2) is 16.4 Å². The number of halogens is 1. The highest BCUT2D eigenvalue weighted by Gasteiger charge is 2.06. The van der Waals surface area contributed by atoms with Crippen molar-refractivity contribution in [3.8, 4) is 5.75 Å². The fourth-order valence-electron chi connectivity index (χ4n) is 1.62. The zero-order valence-corrected chi connectivity index (χ0v) is 10.3. The minimum Gasteiger partial charge on any atom is -0.494 e. The van der Waals surface area contributed by atoms with Crippen LogP contribution in [0.2, 0.25) is 5.02 Å². The number of hydrogen-bond donors (Lipinski definition) is 1. The molecule has 1 aromatic heterocycles. The number of benzene rings is 1. The first-order valence-electron chi connectivity index (χ1n) is 5.38. The molecule has 0 aliphatic carbocycles. The largest absolute Gasteiger partial charge is 0.494 e. The summed E-state index contributed by atoms with van der Waals surface area (Å²) >= 11 is 5.82. The quantitative estimate of drug-likeness (QED) is 0.850. The van der Waals surface area contributed by atoms with Gasteiger partial charge in [0.2, 0.25) is 0 Å². The third-order valence-corrected chi connectivity index (χ3v) is 2.51. The molecule has 90 valence electrons. The number of rotatable bonds is 4. The van der Waals surface area contributed by atoms with E-state index in [2.05, 4.69) is 5.10 Å². The zero-order chi connectivity index (χ0) is 12.3. The number of ether oxygens (including phenoxy) is 1. The lowest BCUT2D eigenvalue weighted by molar-refractivity contribution is 0.335. The number of anilines is 1. The normalized spacial score (nSPS) is 10.5. The van der Waals surface area contributed by atoms with E-state index >= 15 is 0 Å². The summed E-state index contributed by atoms with van der Waals surface area (Å²) in [5.74, 6) is 0.827. The van der Waals surface area contributed by atoms with E-state index in [1.807, 2.05) is 25.1 Å². The Morgan fingerprint density at radius 2 is 2.29 bits per heavy atom. The molecule has 2 rings (SSSR count). The fourth-order valence-corrected chi connectivity index (χ4v) is 1.77. The van der Waals surface area contributed by atoms with Gasteiger partial charge >= 0.3 is 0 Å². The van der Waals surface area contributed by atoms with E-state index < -0.39 is 0 Å². The van der Waals surface area contributed by atoms with Gasteiger partial charge < -0.3 is 10.5 Å². The Bertz CT molecular complexity index is 510. The van der Waals surface area contributed by atoms with Crippen LogP contribution >= 0.6 is 11.6 Å². The second-order valence-electron chi connectivity index (χ2n) is 3.66. The fraction of sp³-hybridized carbons (Fsp3) is 0.250. The molecule has 1 aromatic carbocycles. The third kappa shape index (κ3) is 2.91. The van der Waals surface area contributed by atoms with Gasteiger partial charge in [-0.05, 0) is 25.1 Å². The molecular formula is C12H14ClN3O. The van der Waals surface area contributed by atoms with Crippen LogP contribution in [0.4, 0.5) is 5.69 Å². The van der Waals surface area contributed by atoms with E-state index in [0.29, 0.717) is 23.9 Å². The number of nitrogen functional groups attached to an aromatic ring is 1. The SMILES string of the molecule is CCOc1ccc(N)cc1Cn1cc(Cl)cn1. The van der Waals surface area contributed by atoms with Gasteiger partial charge in [-0.1, -0.05) is 11.6 Å². The Hall–Kier alpha value is -1.68. The number of nitrogens with zero attached hydrogens (tertiary/aromatic N) is 2. The number of nitrogens with two attached hydrogens (primary N) is 1. The second-order valence-corrected chi connectivity index (χ2v) is 4.09. The van der Waals surface area contributed by atoms with Crippen molar-refractivity contribution in [3.05, 3.63) is 41.2 Å². The Balaban J connectivity index is 2.26. The Kier molecular flexibility index (Phi) is 3.54. The predicted molar refractivity (Wildman–Crippen MR) is 68.4 cm³/mol. The monoisotopic (exact) mass is 251 g/mol. The van der Waals surface area contributed by atoms with Crippen LogP contribution in [0.25, 0.3) is 0 Å². The van der Waals surface area contributed by atoms with Crippen molar-refractivity contribution in [2.75, 3.05) is 12.3 Å². The van der Waals surface area contributed by atoms with Crippen LogP contribution in [0.15, 0.2) is 30.6 Å². The highest BCUT2D eigenvalue weighted by Crippen LogP contribution is 2.22. The maximum absolute atomic E-state index is 5.82. The topological polar surface area (TPSA) is 53.1 Å². The van der Waals surface area contributed by atoms with Crippen molar-refractivity contribution in [1.82, 2.24) is 9.78 Å². The van der Waals surface area contributed by atoms with Crippen molar-refractivity contribution in [3.63, 3.8) is 0 Å².